The van der Waals surface area contributed by atoms with Gasteiger partial charge in [-0.1, -0.05) is 5.21 Å². The van der Waals surface area contributed by atoms with Crippen molar-refractivity contribution in [1.29, 1.82) is 0 Å². The minimum atomic E-state index is -0.0869. The first-order valence-corrected chi connectivity index (χ1v) is 4.15. The molecule has 0 amide bonds. The highest BCUT2D eigenvalue weighted by atomic mass is 16.3. The molecule has 7 nitrogen and oxygen atoms in total. The van der Waals surface area contributed by atoms with Crippen molar-refractivity contribution in [2.75, 3.05) is 0 Å². The van der Waals surface area contributed by atoms with Crippen LogP contribution in [0.4, 0.5) is 0 Å². The van der Waals surface area contributed by atoms with Gasteiger partial charge in [-0.3, -0.25) is 5.10 Å². The third-order valence-corrected chi connectivity index (χ3v) is 1.79. The molecule has 0 saturated heterocycles. The van der Waals surface area contributed by atoms with Crippen LogP contribution >= 0.6 is 0 Å². The topological polar surface area (TPSA) is 92.5 Å². The quantitative estimate of drug-likeness (QED) is 0.670. The second kappa shape index (κ2) is 3.54. The Bertz CT molecular complexity index is 419. The molecular weight excluding hydrogens is 184 g/mol. The number of aryl methyl sites for hydroxylation is 1. The first-order chi connectivity index (χ1) is 6.79. The number of aromatic amines is 1. The molecule has 7 heteroatoms. The fourth-order valence-electron chi connectivity index (χ4n) is 1.13. The summed E-state index contributed by atoms with van der Waals surface area (Å²) in [4.78, 5) is 4.12. The standard InChI is InChI=1S/C7H10N6O/c1-5-9-7(11-10-5)3-13-6(4-14)2-8-12-13/h2,14H,3-4H2,1H3,(H,9,10,11). The van der Waals surface area contributed by atoms with Crippen molar-refractivity contribution in [3.05, 3.63) is 23.5 Å². The number of aromatic nitrogens is 6. The average Bonchev–Trinajstić information content (AvgIpc) is 2.76. The molecule has 74 valence electrons. The number of rotatable bonds is 3. The molecule has 2 rings (SSSR count). The Morgan fingerprint density at radius 1 is 1.57 bits per heavy atom. The van der Waals surface area contributed by atoms with E-state index >= 15 is 0 Å². The van der Waals surface area contributed by atoms with Crippen LogP contribution in [0, 0.1) is 6.92 Å². The molecule has 0 spiro atoms. The third kappa shape index (κ3) is 1.62. The smallest absolute Gasteiger partial charge is 0.172 e. The molecule has 0 saturated carbocycles. The van der Waals surface area contributed by atoms with Gasteiger partial charge >= 0.3 is 0 Å². The van der Waals surface area contributed by atoms with Crippen LogP contribution in [0.2, 0.25) is 0 Å². The minimum absolute atomic E-state index is 0.0869. The molecule has 0 bridgehead atoms. The third-order valence-electron chi connectivity index (χ3n) is 1.79. The highest BCUT2D eigenvalue weighted by Gasteiger charge is 2.06. The van der Waals surface area contributed by atoms with Crippen LogP contribution in [0.1, 0.15) is 17.3 Å². The van der Waals surface area contributed by atoms with E-state index in [0.717, 1.165) is 5.82 Å². The van der Waals surface area contributed by atoms with E-state index in [1.165, 1.54) is 6.20 Å². The molecule has 0 aliphatic rings. The van der Waals surface area contributed by atoms with Crippen LogP contribution in [-0.4, -0.2) is 35.3 Å². The van der Waals surface area contributed by atoms with E-state index in [2.05, 4.69) is 25.5 Å². The van der Waals surface area contributed by atoms with E-state index in [9.17, 15) is 0 Å². The molecule has 0 unspecified atom stereocenters. The van der Waals surface area contributed by atoms with E-state index in [1.807, 2.05) is 6.92 Å². The summed E-state index contributed by atoms with van der Waals surface area (Å²) in [6, 6.07) is 0. The zero-order valence-corrected chi connectivity index (χ0v) is 7.67. The maximum absolute atomic E-state index is 8.94. The van der Waals surface area contributed by atoms with Gasteiger partial charge in [0, 0.05) is 0 Å². The maximum atomic E-state index is 8.94. The van der Waals surface area contributed by atoms with Gasteiger partial charge in [0.2, 0.25) is 0 Å². The molecule has 0 aliphatic heterocycles. The van der Waals surface area contributed by atoms with E-state index < -0.39 is 0 Å². The Labute approximate surface area is 79.8 Å². The number of hydrogen-bond donors (Lipinski definition) is 2. The Hall–Kier alpha value is -1.76. The van der Waals surface area contributed by atoms with Gasteiger partial charge in [0.05, 0.1) is 18.5 Å². The number of H-pyrrole nitrogens is 1. The van der Waals surface area contributed by atoms with Crippen LogP contribution in [0.25, 0.3) is 0 Å². The van der Waals surface area contributed by atoms with Crippen LogP contribution in [0.15, 0.2) is 6.20 Å². The lowest BCUT2D eigenvalue weighted by atomic mass is 10.5. The predicted octanol–water partition coefficient (Wildman–Crippen LogP) is -0.755. The van der Waals surface area contributed by atoms with E-state index in [0.29, 0.717) is 18.1 Å². The van der Waals surface area contributed by atoms with Gasteiger partial charge in [0.1, 0.15) is 12.4 Å². The SMILES string of the molecule is Cc1nc(Cn2nncc2CO)n[nH]1. The van der Waals surface area contributed by atoms with E-state index in [4.69, 9.17) is 5.11 Å². The van der Waals surface area contributed by atoms with Gasteiger partial charge in [0.15, 0.2) is 5.82 Å². The maximum Gasteiger partial charge on any atom is 0.172 e. The van der Waals surface area contributed by atoms with Gasteiger partial charge < -0.3 is 5.11 Å². The fraction of sp³-hybridized carbons (Fsp3) is 0.429. The summed E-state index contributed by atoms with van der Waals surface area (Å²) in [7, 11) is 0. The lowest BCUT2D eigenvalue weighted by Crippen LogP contribution is -2.07. The molecule has 0 aliphatic carbocycles. The number of nitrogens with zero attached hydrogens (tertiary/aromatic N) is 5. The zero-order valence-electron chi connectivity index (χ0n) is 7.67. The van der Waals surface area contributed by atoms with Crippen LogP contribution in [0.5, 0.6) is 0 Å². The molecule has 2 N–H and O–H groups in total. The van der Waals surface area contributed by atoms with E-state index in [1.54, 1.807) is 4.68 Å². The van der Waals surface area contributed by atoms with Gasteiger partial charge in [-0.15, -0.1) is 5.10 Å². The number of aliphatic hydroxyl groups is 1. The minimum Gasteiger partial charge on any atom is -0.390 e. The first-order valence-electron chi connectivity index (χ1n) is 4.15. The molecule has 0 radical (unpaired) electrons. The summed E-state index contributed by atoms with van der Waals surface area (Å²) in [6.45, 7) is 2.15. The van der Waals surface area contributed by atoms with Crippen LogP contribution in [-0.2, 0) is 13.2 Å². The molecule has 2 aromatic rings. The van der Waals surface area contributed by atoms with Gasteiger partial charge in [-0.05, 0) is 6.92 Å². The Morgan fingerprint density at radius 3 is 3.07 bits per heavy atom. The summed E-state index contributed by atoms with van der Waals surface area (Å²) in [5.74, 6) is 1.38. The zero-order chi connectivity index (χ0) is 9.97. The van der Waals surface area contributed by atoms with Crippen molar-refractivity contribution in [1.82, 2.24) is 30.2 Å². The molecular formula is C7H10N6O. The number of hydrogen-bond acceptors (Lipinski definition) is 5. The van der Waals surface area contributed by atoms with Crippen molar-refractivity contribution in [3.8, 4) is 0 Å². The fourth-order valence-corrected chi connectivity index (χ4v) is 1.13. The van der Waals surface area contributed by atoms with Crippen molar-refractivity contribution in [3.63, 3.8) is 0 Å². The normalized spacial score (nSPS) is 10.7. The summed E-state index contributed by atoms with van der Waals surface area (Å²) in [5, 5.41) is 23.1. The summed E-state index contributed by atoms with van der Waals surface area (Å²) < 4.78 is 1.56. The van der Waals surface area contributed by atoms with Crippen molar-refractivity contribution in [2.24, 2.45) is 0 Å². The number of nitrogens with one attached hydrogen (secondary N) is 1. The highest BCUT2D eigenvalue weighted by Crippen LogP contribution is 1.99. The second-order valence-electron chi connectivity index (χ2n) is 2.88. The van der Waals surface area contributed by atoms with Gasteiger partial charge in [-0.2, -0.15) is 5.10 Å². The Kier molecular flexibility index (Phi) is 2.23. The lowest BCUT2D eigenvalue weighted by Gasteiger charge is -1.99. The molecule has 2 aromatic heterocycles. The summed E-state index contributed by atoms with van der Waals surface area (Å²) in [5.41, 5.74) is 0.646. The molecule has 0 fully saturated rings. The molecule has 14 heavy (non-hydrogen) atoms. The molecule has 2 heterocycles. The summed E-state index contributed by atoms with van der Waals surface area (Å²) >= 11 is 0. The van der Waals surface area contributed by atoms with Crippen molar-refractivity contribution >= 4 is 0 Å². The van der Waals surface area contributed by atoms with Crippen LogP contribution < -0.4 is 0 Å². The molecule has 0 aromatic carbocycles. The van der Waals surface area contributed by atoms with Crippen molar-refractivity contribution in [2.45, 2.75) is 20.1 Å². The van der Waals surface area contributed by atoms with Crippen LogP contribution in [0.3, 0.4) is 0 Å². The Balaban J connectivity index is 2.18. The first kappa shape index (κ1) is 8.82. The Morgan fingerprint density at radius 2 is 2.43 bits per heavy atom. The summed E-state index contributed by atoms with van der Waals surface area (Å²) in [6.07, 6.45) is 1.51. The van der Waals surface area contributed by atoms with Crippen molar-refractivity contribution < 1.29 is 5.11 Å². The largest absolute Gasteiger partial charge is 0.390 e. The number of aliphatic hydroxyl groups excluding tert-OH is 1. The monoisotopic (exact) mass is 194 g/mol. The molecule has 0 atom stereocenters. The second-order valence-corrected chi connectivity index (χ2v) is 2.88. The van der Waals surface area contributed by atoms with Gasteiger partial charge in [-0.25, -0.2) is 9.67 Å². The van der Waals surface area contributed by atoms with Gasteiger partial charge in [0.25, 0.3) is 0 Å². The highest BCUT2D eigenvalue weighted by molar-refractivity contribution is 4.95. The average molecular weight is 194 g/mol. The lowest BCUT2D eigenvalue weighted by molar-refractivity contribution is 0.268. The predicted molar refractivity (Wildman–Crippen MR) is 46.2 cm³/mol. The van der Waals surface area contributed by atoms with E-state index in [-0.39, 0.29) is 6.61 Å².